The van der Waals surface area contributed by atoms with Gasteiger partial charge in [0.25, 0.3) is 0 Å². The van der Waals surface area contributed by atoms with E-state index in [4.69, 9.17) is 35.0 Å². The predicted octanol–water partition coefficient (Wildman–Crippen LogP) is -5.97. The Bertz CT molecular complexity index is 210. The number of hydrogen-bond acceptors (Lipinski definition) is 8. The third-order valence-electron chi connectivity index (χ3n) is 0. The van der Waals surface area contributed by atoms with Crippen LogP contribution in [-0.4, -0.2) is 57.0 Å². The fraction of sp³-hybridized carbons (Fsp3) is 0. The van der Waals surface area contributed by atoms with Gasteiger partial charge in [-0.05, 0) is 0 Å². The van der Waals surface area contributed by atoms with Gasteiger partial charge < -0.3 is 40.1 Å². The van der Waals surface area contributed by atoms with Crippen LogP contribution in [0.5, 0.6) is 0 Å². The van der Waals surface area contributed by atoms with Crippen molar-refractivity contribution in [3.8, 4) is 0 Å². The Kier molecular flexibility index (Phi) is 51.4. The maximum absolute atomic E-state index is 8.52. The summed E-state index contributed by atoms with van der Waals surface area (Å²) in [4.78, 5) is 0. The summed E-state index contributed by atoms with van der Waals surface area (Å²) in [6.45, 7) is 0. The van der Waals surface area contributed by atoms with Crippen molar-refractivity contribution >= 4 is 20.8 Å². The zero-order chi connectivity index (χ0) is 9.00. The standard InChI is InChI=1S/2H2O4S.4H2O.Th/c2*1-5(2,3)4;;;;;/h2*(H2,1,2,3,4);4*1H2;/q;;;;;;+4/p-4. The molecule has 15 heteroatoms. The molecule has 0 spiro atoms. The molecule has 0 aromatic carbocycles. The van der Waals surface area contributed by atoms with Gasteiger partial charge in [0, 0.05) is 20.8 Å². The smallest absolute Gasteiger partial charge is 0.759 e. The van der Waals surface area contributed by atoms with Crippen LogP contribution in [-0.2, 0) is 20.8 Å². The van der Waals surface area contributed by atoms with E-state index in [1.54, 1.807) is 0 Å². The molecule has 0 aromatic rings. The average Bonchev–Trinajstić information content (AvgIpc) is 1.12. The Balaban J connectivity index is -0.0000000128. The van der Waals surface area contributed by atoms with Gasteiger partial charge in [-0.3, -0.25) is 16.8 Å². The fourth-order valence-corrected chi connectivity index (χ4v) is 0. The summed E-state index contributed by atoms with van der Waals surface area (Å²) in [6, 6.07) is 0. The minimum absolute atomic E-state index is 0. The third kappa shape index (κ3) is 3030. The van der Waals surface area contributed by atoms with E-state index < -0.39 is 20.8 Å². The minimum Gasteiger partial charge on any atom is -0.759 e. The van der Waals surface area contributed by atoms with Gasteiger partial charge in [-0.1, -0.05) is 0 Å². The average molecular weight is 496 g/mol. The van der Waals surface area contributed by atoms with Crippen molar-refractivity contribution in [1.82, 2.24) is 0 Å². The Labute approximate surface area is 117 Å². The summed E-state index contributed by atoms with van der Waals surface area (Å²) < 4.78 is 68.2. The Hall–Kier alpha value is 0.905. The van der Waals surface area contributed by atoms with Crippen LogP contribution in [0.3, 0.4) is 0 Å². The molecule has 0 unspecified atom stereocenters. The molecule has 15 heavy (non-hydrogen) atoms. The number of hydrogen-bond donors (Lipinski definition) is 0. The maximum atomic E-state index is 8.52. The normalized spacial score (nSPS) is 7.73. The summed E-state index contributed by atoms with van der Waals surface area (Å²) in [7, 11) is -10.3. The first kappa shape index (κ1) is 44.6. The van der Waals surface area contributed by atoms with Crippen molar-refractivity contribution < 1.29 is 96.9 Å². The van der Waals surface area contributed by atoms with E-state index in [1.165, 1.54) is 0 Å². The first-order valence-electron chi connectivity index (χ1n) is 1.33. The zero-order valence-electron chi connectivity index (χ0n) is 6.58. The molecule has 0 aromatic heterocycles. The van der Waals surface area contributed by atoms with Gasteiger partial charge in [0.1, 0.15) is 0 Å². The quantitative estimate of drug-likeness (QED) is 0.229. The minimum atomic E-state index is -5.17. The van der Waals surface area contributed by atoms with Crippen LogP contribution in [0.1, 0.15) is 0 Å². The van der Waals surface area contributed by atoms with Gasteiger partial charge in [0.05, 0.1) is 0 Å². The first-order chi connectivity index (χ1) is 4.00. The van der Waals surface area contributed by atoms with Gasteiger partial charge >= 0.3 is 39.9 Å². The molecule has 0 saturated heterocycles. The molecule has 0 bridgehead atoms. The first-order valence-corrected chi connectivity index (χ1v) is 4.00. The van der Waals surface area contributed by atoms with Crippen molar-refractivity contribution in [3.63, 3.8) is 0 Å². The monoisotopic (exact) mass is 496 g/mol. The second-order valence-electron chi connectivity index (χ2n) is 0.816. The molecular weight excluding hydrogens is 488 g/mol. The number of rotatable bonds is 0. The summed E-state index contributed by atoms with van der Waals surface area (Å²) >= 11 is 0. The van der Waals surface area contributed by atoms with Crippen LogP contribution >= 0.6 is 0 Å². The van der Waals surface area contributed by atoms with E-state index >= 15 is 0 Å². The molecule has 0 amide bonds. The molecule has 0 saturated carbocycles. The molecule has 96 valence electrons. The van der Waals surface area contributed by atoms with Crippen LogP contribution < -0.4 is 0 Å². The predicted molar refractivity (Wildman–Crippen MR) is 35.4 cm³/mol. The largest absolute Gasteiger partial charge is 4.00 e. The third-order valence-corrected chi connectivity index (χ3v) is 0. The van der Waals surface area contributed by atoms with Crippen molar-refractivity contribution in [2.24, 2.45) is 0 Å². The van der Waals surface area contributed by atoms with Crippen molar-refractivity contribution in [2.45, 2.75) is 0 Å². The summed E-state index contributed by atoms with van der Waals surface area (Å²) in [6.07, 6.45) is 0. The van der Waals surface area contributed by atoms with E-state index in [-0.39, 0.29) is 61.8 Å². The van der Waals surface area contributed by atoms with Crippen LogP contribution in [0.2, 0.25) is 0 Å². The Morgan fingerprint density at radius 1 is 0.533 bits per heavy atom. The second kappa shape index (κ2) is 17.3. The van der Waals surface area contributed by atoms with E-state index in [9.17, 15) is 0 Å². The van der Waals surface area contributed by atoms with E-state index in [2.05, 4.69) is 0 Å². The summed E-state index contributed by atoms with van der Waals surface area (Å²) in [5.41, 5.74) is 0. The molecule has 0 fully saturated rings. The van der Waals surface area contributed by atoms with E-state index in [0.717, 1.165) is 0 Å². The Morgan fingerprint density at radius 2 is 0.533 bits per heavy atom. The SMILES string of the molecule is O.O.O.O.O=S(=O)([O-])[O-].O=S(=O)([O-])[O-].[Th+4]. The molecule has 0 radical (unpaired) electrons. The van der Waals surface area contributed by atoms with Crippen LogP contribution in [0.15, 0.2) is 0 Å². The van der Waals surface area contributed by atoms with Crippen LogP contribution in [0, 0.1) is 39.9 Å². The van der Waals surface area contributed by atoms with Gasteiger partial charge in [0.15, 0.2) is 0 Å². The van der Waals surface area contributed by atoms with Crippen molar-refractivity contribution in [1.29, 1.82) is 0 Å². The van der Waals surface area contributed by atoms with E-state index in [1.807, 2.05) is 0 Å². The molecule has 12 nitrogen and oxygen atoms in total. The molecular formula is H8O12S2Th. The summed E-state index contributed by atoms with van der Waals surface area (Å²) in [5, 5.41) is 0. The summed E-state index contributed by atoms with van der Waals surface area (Å²) in [5.74, 6) is 0. The van der Waals surface area contributed by atoms with Gasteiger partial charge in [0.2, 0.25) is 0 Å². The second-order valence-corrected chi connectivity index (χ2v) is 2.45. The van der Waals surface area contributed by atoms with Crippen LogP contribution in [0.25, 0.3) is 0 Å². The molecule has 0 aliphatic heterocycles. The van der Waals surface area contributed by atoms with Gasteiger partial charge in [-0.15, -0.1) is 0 Å². The Morgan fingerprint density at radius 3 is 0.533 bits per heavy atom. The zero-order valence-corrected chi connectivity index (χ0v) is 12.3. The topological polar surface area (TPSA) is 287 Å². The van der Waals surface area contributed by atoms with Crippen LogP contribution in [0.4, 0.5) is 0 Å². The van der Waals surface area contributed by atoms with Gasteiger partial charge in [-0.25, -0.2) is 0 Å². The maximum Gasteiger partial charge on any atom is 4.00 e. The van der Waals surface area contributed by atoms with Gasteiger partial charge in [-0.2, -0.15) is 0 Å². The molecule has 0 rings (SSSR count). The molecule has 8 N–H and O–H groups in total. The molecule has 0 aliphatic carbocycles. The molecule has 0 aliphatic rings. The fourth-order valence-electron chi connectivity index (χ4n) is 0. The van der Waals surface area contributed by atoms with Crippen molar-refractivity contribution in [3.05, 3.63) is 0 Å². The molecule has 0 atom stereocenters. The molecule has 0 heterocycles. The van der Waals surface area contributed by atoms with E-state index in [0.29, 0.717) is 0 Å². The van der Waals surface area contributed by atoms with Crippen molar-refractivity contribution in [2.75, 3.05) is 0 Å².